The fourth-order valence-corrected chi connectivity index (χ4v) is 5.02. The molecule has 0 aliphatic carbocycles. The van der Waals surface area contributed by atoms with Crippen molar-refractivity contribution in [3.05, 3.63) is 100 Å². The lowest BCUT2D eigenvalue weighted by Crippen LogP contribution is -2.52. The van der Waals surface area contributed by atoms with Gasteiger partial charge in [-0.1, -0.05) is 60.2 Å². The molecule has 2 heterocycles. The Labute approximate surface area is 197 Å². The number of aryl methyl sites for hydroxylation is 2. The zero-order valence-electron chi connectivity index (χ0n) is 20.1. The highest BCUT2D eigenvalue weighted by Crippen LogP contribution is 2.43. The molecule has 4 nitrogen and oxygen atoms in total. The van der Waals surface area contributed by atoms with Gasteiger partial charge in [0.15, 0.2) is 0 Å². The number of ether oxygens (including phenoxy) is 1. The third-order valence-electron chi connectivity index (χ3n) is 6.93. The Bertz CT molecular complexity index is 1190. The molecule has 0 saturated carbocycles. The van der Waals surface area contributed by atoms with Gasteiger partial charge in [-0.05, 0) is 55.3 Å². The van der Waals surface area contributed by atoms with Gasteiger partial charge in [-0.15, -0.1) is 0 Å². The molecule has 0 amide bonds. The molecule has 0 spiro atoms. The van der Waals surface area contributed by atoms with Crippen LogP contribution in [-0.4, -0.2) is 55.3 Å². The molecule has 3 aromatic rings. The van der Waals surface area contributed by atoms with Crippen LogP contribution in [0.15, 0.2) is 66.7 Å². The van der Waals surface area contributed by atoms with Gasteiger partial charge in [-0.3, -0.25) is 0 Å². The molecule has 0 N–H and O–H groups in total. The molecule has 0 atom stereocenters. The largest absolute Gasteiger partial charge is 0.497 e. The van der Waals surface area contributed by atoms with Gasteiger partial charge in [0.1, 0.15) is 5.75 Å². The molecule has 0 radical (unpaired) electrons. The van der Waals surface area contributed by atoms with Crippen LogP contribution in [0.25, 0.3) is 11.3 Å². The van der Waals surface area contributed by atoms with Crippen molar-refractivity contribution in [2.75, 3.05) is 40.3 Å². The van der Waals surface area contributed by atoms with Gasteiger partial charge in [0.05, 0.1) is 19.4 Å². The zero-order valence-corrected chi connectivity index (χ0v) is 20.1. The van der Waals surface area contributed by atoms with Crippen LogP contribution in [0.5, 0.6) is 5.75 Å². The highest BCUT2D eigenvalue weighted by Gasteiger charge is 2.32. The van der Waals surface area contributed by atoms with E-state index < -0.39 is 0 Å². The average molecular weight is 440 g/mol. The molecule has 0 bridgehead atoms. The number of hydrazine groups is 1. The third kappa shape index (κ3) is 4.17. The second kappa shape index (κ2) is 9.05. The minimum atomic E-state index is 0.884. The van der Waals surface area contributed by atoms with Crippen molar-refractivity contribution in [3.8, 4) is 5.75 Å². The van der Waals surface area contributed by atoms with Crippen LogP contribution in [0.3, 0.4) is 0 Å². The van der Waals surface area contributed by atoms with E-state index in [1.807, 2.05) is 6.07 Å². The minimum absolute atomic E-state index is 0.884. The normalized spacial score (nSPS) is 17.3. The molecule has 33 heavy (non-hydrogen) atoms. The van der Waals surface area contributed by atoms with Crippen LogP contribution in [0.1, 0.15) is 33.4 Å². The van der Waals surface area contributed by atoms with Crippen LogP contribution in [0.4, 0.5) is 0 Å². The topological polar surface area (TPSA) is 19.0 Å². The summed E-state index contributed by atoms with van der Waals surface area (Å²) in [5, 5.41) is 5.09. The van der Waals surface area contributed by atoms with E-state index in [1.165, 1.54) is 44.7 Å². The maximum Gasteiger partial charge on any atom is 0.119 e. The molecular formula is C29H33N3O. The number of rotatable bonds is 4. The highest BCUT2D eigenvalue weighted by molar-refractivity contribution is 6.00. The lowest BCUT2D eigenvalue weighted by Gasteiger charge is -2.46. The minimum Gasteiger partial charge on any atom is -0.497 e. The molecule has 2 aliphatic rings. The van der Waals surface area contributed by atoms with E-state index in [-0.39, 0.29) is 0 Å². The molecule has 0 aromatic heterocycles. The van der Waals surface area contributed by atoms with Crippen LogP contribution in [0.2, 0.25) is 0 Å². The Hall–Kier alpha value is -3.08. The summed E-state index contributed by atoms with van der Waals surface area (Å²) in [4.78, 5) is 2.41. The number of nitrogens with zero attached hydrogens (tertiary/aromatic N) is 3. The number of hydrogen-bond acceptors (Lipinski definition) is 4. The van der Waals surface area contributed by atoms with Crippen LogP contribution in [0, 0.1) is 13.8 Å². The first kappa shape index (κ1) is 21.7. The SMILES string of the molecule is COc1cccc(C2=C(c3ccccc3C)N(N3CCN(C)CC3)Cc3ccc(C)cc32)c1. The van der Waals surface area contributed by atoms with E-state index >= 15 is 0 Å². The predicted octanol–water partition coefficient (Wildman–Crippen LogP) is 5.21. The van der Waals surface area contributed by atoms with E-state index in [9.17, 15) is 0 Å². The van der Waals surface area contributed by atoms with Gasteiger partial charge < -0.3 is 14.6 Å². The van der Waals surface area contributed by atoms with Gasteiger partial charge in [0.2, 0.25) is 0 Å². The van der Waals surface area contributed by atoms with E-state index in [0.29, 0.717) is 0 Å². The Balaban J connectivity index is 1.80. The monoisotopic (exact) mass is 439 g/mol. The fraction of sp³-hybridized carbons (Fsp3) is 0.310. The Morgan fingerprint density at radius 2 is 1.58 bits per heavy atom. The Morgan fingerprint density at radius 3 is 2.33 bits per heavy atom. The van der Waals surface area contributed by atoms with Crippen LogP contribution < -0.4 is 4.74 Å². The summed E-state index contributed by atoms with van der Waals surface area (Å²) in [5.41, 5.74) is 10.3. The van der Waals surface area contributed by atoms with Crippen molar-refractivity contribution >= 4 is 11.3 Å². The maximum absolute atomic E-state index is 5.62. The van der Waals surface area contributed by atoms with Crippen molar-refractivity contribution in [2.45, 2.75) is 20.4 Å². The molecule has 1 saturated heterocycles. The number of methoxy groups -OCH3 is 1. The summed E-state index contributed by atoms with van der Waals surface area (Å²) in [7, 11) is 3.96. The number of fused-ring (bicyclic) bond motifs is 1. The second-order valence-electron chi connectivity index (χ2n) is 9.25. The number of piperazine rings is 1. The molecule has 2 aliphatic heterocycles. The molecular weight excluding hydrogens is 406 g/mol. The summed E-state index contributed by atoms with van der Waals surface area (Å²) in [6, 6.07) is 24.2. The fourth-order valence-electron chi connectivity index (χ4n) is 5.02. The lowest BCUT2D eigenvalue weighted by molar-refractivity contribution is -0.0126. The van der Waals surface area contributed by atoms with Crippen molar-refractivity contribution in [3.63, 3.8) is 0 Å². The van der Waals surface area contributed by atoms with Gasteiger partial charge >= 0.3 is 0 Å². The third-order valence-corrected chi connectivity index (χ3v) is 6.93. The first-order valence-electron chi connectivity index (χ1n) is 11.8. The predicted molar refractivity (Wildman–Crippen MR) is 136 cm³/mol. The van der Waals surface area contributed by atoms with E-state index in [1.54, 1.807) is 7.11 Å². The molecule has 1 fully saturated rings. The molecule has 0 unspecified atom stereocenters. The van der Waals surface area contributed by atoms with Crippen molar-refractivity contribution in [1.82, 2.24) is 14.9 Å². The summed E-state index contributed by atoms with van der Waals surface area (Å²) >= 11 is 0. The van der Waals surface area contributed by atoms with Crippen LogP contribution in [-0.2, 0) is 6.54 Å². The standard InChI is InChI=1S/C29H33N3O/c1-21-12-13-24-20-32(31-16-14-30(3)15-17-31)29(26-11-6-5-8-22(26)2)28(27(24)18-21)23-9-7-10-25(19-23)33-4/h5-13,18-19H,14-17,20H2,1-4H3. The summed E-state index contributed by atoms with van der Waals surface area (Å²) in [6.45, 7) is 9.50. The average Bonchev–Trinajstić information content (AvgIpc) is 2.84. The van der Waals surface area contributed by atoms with E-state index in [2.05, 4.69) is 96.5 Å². The molecule has 3 aromatic carbocycles. The molecule has 5 rings (SSSR count). The van der Waals surface area contributed by atoms with Gasteiger partial charge in [0, 0.05) is 37.3 Å². The van der Waals surface area contributed by atoms with E-state index in [4.69, 9.17) is 4.74 Å². The number of benzene rings is 3. The van der Waals surface area contributed by atoms with Gasteiger partial charge in [0.25, 0.3) is 0 Å². The zero-order chi connectivity index (χ0) is 22.9. The maximum atomic E-state index is 5.62. The Morgan fingerprint density at radius 1 is 0.788 bits per heavy atom. The summed E-state index contributed by atoms with van der Waals surface area (Å²) in [6.07, 6.45) is 0. The van der Waals surface area contributed by atoms with Crippen molar-refractivity contribution in [1.29, 1.82) is 0 Å². The Kier molecular flexibility index (Phi) is 5.96. The summed E-state index contributed by atoms with van der Waals surface area (Å²) < 4.78 is 5.62. The molecule has 170 valence electrons. The smallest absolute Gasteiger partial charge is 0.119 e. The second-order valence-corrected chi connectivity index (χ2v) is 9.25. The van der Waals surface area contributed by atoms with Gasteiger partial charge in [-0.25, -0.2) is 5.01 Å². The van der Waals surface area contributed by atoms with Crippen LogP contribution >= 0.6 is 0 Å². The first-order valence-corrected chi connectivity index (χ1v) is 11.8. The van der Waals surface area contributed by atoms with Gasteiger partial charge in [-0.2, -0.15) is 0 Å². The quantitative estimate of drug-likeness (QED) is 0.556. The number of hydrogen-bond donors (Lipinski definition) is 0. The first-order chi connectivity index (χ1) is 16.0. The molecule has 4 heteroatoms. The van der Waals surface area contributed by atoms with Crippen molar-refractivity contribution < 1.29 is 4.74 Å². The lowest BCUT2D eigenvalue weighted by atomic mass is 9.85. The van der Waals surface area contributed by atoms with E-state index in [0.717, 1.165) is 38.5 Å². The van der Waals surface area contributed by atoms with Crippen molar-refractivity contribution in [2.24, 2.45) is 0 Å². The number of likely N-dealkylation sites (N-methyl/N-ethyl adjacent to an activating group) is 1. The summed E-state index contributed by atoms with van der Waals surface area (Å²) in [5.74, 6) is 0.884. The highest BCUT2D eigenvalue weighted by atomic mass is 16.5.